The summed E-state index contributed by atoms with van der Waals surface area (Å²) in [5, 5.41) is 5.24. The van der Waals surface area contributed by atoms with Crippen molar-refractivity contribution in [3.8, 4) is 0 Å². The van der Waals surface area contributed by atoms with E-state index in [4.69, 9.17) is 5.73 Å². The number of amides is 1. The lowest BCUT2D eigenvalue weighted by Crippen LogP contribution is -1.98. The molecule has 1 amide bonds. The third-order valence-corrected chi connectivity index (χ3v) is 0.883. The molecule has 1 rings (SSSR count). The minimum absolute atomic E-state index is 0.0181. The lowest BCUT2D eigenvalue weighted by molar-refractivity contribution is 0.0993. The Bertz CT molecular complexity index is 266. The quantitative estimate of drug-likeness (QED) is 0.561. The highest BCUT2D eigenvalue weighted by Crippen LogP contribution is 2.08. The van der Waals surface area contributed by atoms with Crippen LogP contribution in [-0.2, 0) is 0 Å². The summed E-state index contributed by atoms with van der Waals surface area (Å²) in [7, 11) is 0. The minimum Gasteiger partial charge on any atom is -0.394 e. The largest absolute Gasteiger partial charge is 0.394 e. The smallest absolute Gasteiger partial charge is 0.340 e. The lowest BCUT2D eigenvalue weighted by atomic mass is 10.4. The molecule has 0 fully saturated rings. The number of hydrogen-bond donors (Lipinski definition) is 1. The van der Waals surface area contributed by atoms with Gasteiger partial charge in [-0.15, -0.1) is 4.91 Å². The average Bonchev–Trinajstić information content (AvgIpc) is 2.34. The average molecular weight is 141 g/mol. The van der Waals surface area contributed by atoms with Crippen molar-refractivity contribution < 1.29 is 9.32 Å². The number of nitrogens with two attached hydrogens (primary N) is 1. The second-order valence-electron chi connectivity index (χ2n) is 1.51. The van der Waals surface area contributed by atoms with Gasteiger partial charge in [-0.05, 0) is 0 Å². The van der Waals surface area contributed by atoms with Crippen LogP contribution in [0.15, 0.2) is 16.0 Å². The molecule has 10 heavy (non-hydrogen) atoms. The number of nitrogens with zero attached hydrogens (tertiary/aromatic N) is 2. The van der Waals surface area contributed by atoms with Gasteiger partial charge < -0.3 is 10.3 Å². The first-order valence-electron chi connectivity index (χ1n) is 2.33. The number of aromatic nitrogens is 1. The zero-order valence-electron chi connectivity index (χ0n) is 4.77. The Morgan fingerprint density at radius 3 is 2.90 bits per heavy atom. The number of nitroso groups, excluding NO2 is 1. The van der Waals surface area contributed by atoms with Crippen LogP contribution in [0.5, 0.6) is 0 Å². The van der Waals surface area contributed by atoms with Gasteiger partial charge in [-0.3, -0.25) is 4.79 Å². The Hall–Kier alpha value is -1.72. The molecule has 0 bridgehead atoms. The maximum absolute atomic E-state index is 10.4. The van der Waals surface area contributed by atoms with Crippen LogP contribution in [0.1, 0.15) is 10.5 Å². The van der Waals surface area contributed by atoms with Crippen molar-refractivity contribution in [2.75, 3.05) is 5.73 Å². The summed E-state index contributed by atoms with van der Waals surface area (Å²) in [5.74, 6) is -1.02. The molecule has 1 aromatic heterocycles. The van der Waals surface area contributed by atoms with Gasteiger partial charge in [0.15, 0.2) is 5.69 Å². The van der Waals surface area contributed by atoms with E-state index in [-0.39, 0.29) is 11.4 Å². The van der Waals surface area contributed by atoms with E-state index >= 15 is 0 Å². The van der Waals surface area contributed by atoms with Crippen LogP contribution >= 0.6 is 0 Å². The fourth-order valence-electron chi connectivity index (χ4n) is 0.450. The maximum atomic E-state index is 10.4. The van der Waals surface area contributed by atoms with Crippen LogP contribution in [0.3, 0.4) is 0 Å². The Morgan fingerprint density at radius 1 is 1.80 bits per heavy atom. The molecule has 2 N–H and O–H groups in total. The SMILES string of the molecule is Nc1conc1C(=O)N=O. The second-order valence-corrected chi connectivity index (χ2v) is 1.51. The number of carbonyl (C=O) groups is 1. The predicted molar refractivity (Wildman–Crippen MR) is 31.0 cm³/mol. The van der Waals surface area contributed by atoms with E-state index in [0.29, 0.717) is 0 Å². The fourth-order valence-corrected chi connectivity index (χ4v) is 0.450. The first-order chi connectivity index (χ1) is 4.75. The first kappa shape index (κ1) is 6.40. The predicted octanol–water partition coefficient (Wildman–Crippen LogP) is 0.163. The zero-order chi connectivity index (χ0) is 7.56. The van der Waals surface area contributed by atoms with Gasteiger partial charge >= 0.3 is 5.91 Å². The summed E-state index contributed by atoms with van der Waals surface area (Å²) >= 11 is 0. The number of hydrogen-bond acceptors (Lipinski definition) is 5. The molecule has 0 unspecified atom stereocenters. The molecule has 0 saturated heterocycles. The Balaban J connectivity index is 3.04. The molecule has 0 saturated carbocycles. The molecule has 0 aliphatic heterocycles. The van der Waals surface area contributed by atoms with Crippen LogP contribution in [0.4, 0.5) is 5.69 Å². The van der Waals surface area contributed by atoms with Crippen molar-refractivity contribution in [2.24, 2.45) is 5.18 Å². The van der Waals surface area contributed by atoms with Crippen LogP contribution in [0.25, 0.3) is 0 Å². The van der Waals surface area contributed by atoms with Gasteiger partial charge in [0.05, 0.1) is 0 Å². The summed E-state index contributed by atoms with van der Waals surface area (Å²) in [6, 6.07) is 0. The topological polar surface area (TPSA) is 98.6 Å². The van der Waals surface area contributed by atoms with Gasteiger partial charge in [0.25, 0.3) is 0 Å². The Labute approximate surface area is 55.0 Å². The van der Waals surface area contributed by atoms with Gasteiger partial charge in [0.2, 0.25) is 0 Å². The third kappa shape index (κ3) is 0.859. The van der Waals surface area contributed by atoms with Gasteiger partial charge in [-0.1, -0.05) is 5.16 Å². The van der Waals surface area contributed by atoms with E-state index in [1.165, 1.54) is 0 Å². The monoisotopic (exact) mass is 141 g/mol. The van der Waals surface area contributed by atoms with E-state index in [1.54, 1.807) is 0 Å². The summed E-state index contributed by atoms with van der Waals surface area (Å²) in [4.78, 5) is 20.0. The van der Waals surface area contributed by atoms with Crippen molar-refractivity contribution in [3.05, 3.63) is 16.9 Å². The fraction of sp³-hybridized carbons (Fsp3) is 0. The third-order valence-electron chi connectivity index (χ3n) is 0.883. The normalized spacial score (nSPS) is 9.20. The number of anilines is 1. The first-order valence-corrected chi connectivity index (χ1v) is 2.33. The van der Waals surface area contributed by atoms with E-state index in [0.717, 1.165) is 6.26 Å². The molecule has 52 valence electrons. The summed E-state index contributed by atoms with van der Waals surface area (Å²) in [5.41, 5.74) is 4.92. The molecule has 0 radical (unpaired) electrons. The number of nitrogen functional groups attached to an aromatic ring is 1. The second kappa shape index (κ2) is 2.26. The molecule has 6 nitrogen and oxygen atoms in total. The van der Waals surface area contributed by atoms with Crippen LogP contribution < -0.4 is 5.73 Å². The van der Waals surface area contributed by atoms with E-state index < -0.39 is 5.91 Å². The summed E-state index contributed by atoms with van der Waals surface area (Å²) in [6.45, 7) is 0. The van der Waals surface area contributed by atoms with Gasteiger partial charge in [-0.2, -0.15) is 0 Å². The summed E-state index contributed by atoms with van der Waals surface area (Å²) in [6.07, 6.45) is 1.05. The van der Waals surface area contributed by atoms with Crippen molar-refractivity contribution in [3.63, 3.8) is 0 Å². The number of rotatable bonds is 1. The van der Waals surface area contributed by atoms with Crippen LogP contribution in [-0.4, -0.2) is 11.1 Å². The molecule has 0 spiro atoms. The van der Waals surface area contributed by atoms with Gasteiger partial charge in [-0.25, -0.2) is 0 Å². The molecular weight excluding hydrogens is 138 g/mol. The van der Waals surface area contributed by atoms with E-state index in [2.05, 4.69) is 14.9 Å². The Kier molecular flexibility index (Phi) is 1.44. The van der Waals surface area contributed by atoms with Crippen molar-refractivity contribution in [1.29, 1.82) is 0 Å². The molecule has 1 aromatic rings. The standard InChI is InChI=1S/C4H3N3O3/c5-2-1-10-7-3(2)4(8)6-9/h1H,5H2. The molecular formula is C4H3N3O3. The van der Waals surface area contributed by atoms with Crippen LogP contribution in [0.2, 0.25) is 0 Å². The highest BCUT2D eigenvalue weighted by molar-refractivity contribution is 5.97. The number of carbonyl (C=O) groups excluding carboxylic acids is 1. The molecule has 0 aromatic carbocycles. The lowest BCUT2D eigenvalue weighted by Gasteiger charge is -1.81. The maximum Gasteiger partial charge on any atom is 0.340 e. The van der Waals surface area contributed by atoms with Crippen molar-refractivity contribution >= 4 is 11.6 Å². The van der Waals surface area contributed by atoms with E-state index in [9.17, 15) is 9.70 Å². The molecule has 0 atom stereocenters. The molecule has 6 heteroatoms. The molecule has 1 heterocycles. The van der Waals surface area contributed by atoms with Gasteiger partial charge in [0.1, 0.15) is 12.0 Å². The highest BCUT2D eigenvalue weighted by atomic mass is 16.5. The summed E-state index contributed by atoms with van der Waals surface area (Å²) < 4.78 is 4.27. The Morgan fingerprint density at radius 2 is 2.50 bits per heavy atom. The zero-order valence-corrected chi connectivity index (χ0v) is 4.77. The van der Waals surface area contributed by atoms with Gasteiger partial charge in [0, 0.05) is 5.18 Å². The van der Waals surface area contributed by atoms with Crippen molar-refractivity contribution in [1.82, 2.24) is 5.16 Å². The minimum atomic E-state index is -1.02. The van der Waals surface area contributed by atoms with Crippen molar-refractivity contribution in [2.45, 2.75) is 0 Å². The highest BCUT2D eigenvalue weighted by Gasteiger charge is 2.13. The van der Waals surface area contributed by atoms with E-state index in [1.807, 2.05) is 0 Å². The van der Waals surface area contributed by atoms with Crippen LogP contribution in [0, 0.1) is 4.91 Å². The molecule has 0 aliphatic carbocycles. The molecule has 0 aliphatic rings.